The molecule has 0 atom stereocenters. The van der Waals surface area contributed by atoms with E-state index in [1.807, 2.05) is 24.3 Å². The van der Waals surface area contributed by atoms with Gasteiger partial charge in [0, 0.05) is 13.1 Å². The topological polar surface area (TPSA) is 71.2 Å². The van der Waals surface area contributed by atoms with Crippen LogP contribution in [0.1, 0.15) is 48.7 Å². The van der Waals surface area contributed by atoms with Gasteiger partial charge in [-0.1, -0.05) is 31.9 Å². The zero-order valence-electron chi connectivity index (χ0n) is 13.4. The first kappa shape index (κ1) is 15.5. The fourth-order valence-corrected chi connectivity index (χ4v) is 2.91. The largest absolute Gasteiger partial charge is 0.476 e. The van der Waals surface area contributed by atoms with E-state index >= 15 is 0 Å². The number of nitrogens with zero attached hydrogens (tertiary/aromatic N) is 4. The molecule has 6 heteroatoms. The van der Waals surface area contributed by atoms with Crippen LogP contribution < -0.4 is 4.90 Å². The molecule has 0 spiro atoms. The molecule has 0 saturated carbocycles. The van der Waals surface area contributed by atoms with E-state index in [1.54, 1.807) is 0 Å². The number of aromatic carboxylic acids is 1. The van der Waals surface area contributed by atoms with Gasteiger partial charge in [-0.3, -0.25) is 0 Å². The molecule has 1 aromatic carbocycles. The minimum absolute atomic E-state index is 0.0338. The highest BCUT2D eigenvalue weighted by Gasteiger charge is 2.24. The average Bonchev–Trinajstić information content (AvgIpc) is 2.84. The highest BCUT2D eigenvalue weighted by Crippen LogP contribution is 2.22. The predicted octanol–water partition coefficient (Wildman–Crippen LogP) is 2.91. The summed E-state index contributed by atoms with van der Waals surface area (Å²) in [4.78, 5) is 15.0. The number of hydrogen-bond acceptors (Lipinski definition) is 4. The number of anilines is 1. The Hall–Kier alpha value is -2.37. The maximum absolute atomic E-state index is 11.6. The molecule has 3 rings (SSSR count). The van der Waals surface area contributed by atoms with Crippen molar-refractivity contribution in [2.75, 3.05) is 18.0 Å². The summed E-state index contributed by atoms with van der Waals surface area (Å²) in [6.45, 7) is 3.78. The van der Waals surface area contributed by atoms with Gasteiger partial charge >= 0.3 is 5.97 Å². The van der Waals surface area contributed by atoms with Gasteiger partial charge in [0.05, 0.1) is 5.69 Å². The minimum Gasteiger partial charge on any atom is -0.476 e. The molecule has 1 fully saturated rings. The lowest BCUT2D eigenvalue weighted by Crippen LogP contribution is -2.26. The van der Waals surface area contributed by atoms with Crippen molar-refractivity contribution < 1.29 is 9.90 Å². The van der Waals surface area contributed by atoms with Gasteiger partial charge < -0.3 is 10.0 Å². The quantitative estimate of drug-likeness (QED) is 0.939. The molecular formula is C17H22N4O2. The van der Waals surface area contributed by atoms with Crippen LogP contribution in [0.3, 0.4) is 0 Å². The van der Waals surface area contributed by atoms with E-state index in [1.165, 1.54) is 23.2 Å². The summed E-state index contributed by atoms with van der Waals surface area (Å²) >= 11 is 0. The number of rotatable bonds is 4. The molecule has 1 aliphatic heterocycles. The number of hydrogen-bond donors (Lipinski definition) is 1. The van der Waals surface area contributed by atoms with Crippen LogP contribution in [0.15, 0.2) is 24.3 Å². The van der Waals surface area contributed by atoms with Crippen molar-refractivity contribution in [1.82, 2.24) is 15.0 Å². The molecule has 2 heterocycles. The van der Waals surface area contributed by atoms with Gasteiger partial charge in [0.15, 0.2) is 5.82 Å². The number of carboxylic acids is 1. The Kier molecular flexibility index (Phi) is 4.60. The fraction of sp³-hybridized carbons (Fsp3) is 0.471. The molecule has 2 aromatic rings. The van der Waals surface area contributed by atoms with E-state index in [0.29, 0.717) is 5.82 Å². The van der Waals surface area contributed by atoms with Crippen molar-refractivity contribution in [3.8, 4) is 5.69 Å². The van der Waals surface area contributed by atoms with E-state index in [9.17, 15) is 9.90 Å². The zero-order chi connectivity index (χ0) is 16.2. The lowest BCUT2D eigenvalue weighted by atomic mass is 10.2. The highest BCUT2D eigenvalue weighted by molar-refractivity contribution is 5.91. The first-order chi connectivity index (χ1) is 11.2. The normalized spacial score (nSPS) is 15.4. The van der Waals surface area contributed by atoms with Gasteiger partial charge in [0.25, 0.3) is 0 Å². The Morgan fingerprint density at radius 3 is 2.30 bits per heavy atom. The summed E-state index contributed by atoms with van der Waals surface area (Å²) in [5.74, 6) is -0.542. The first-order valence-electron chi connectivity index (χ1n) is 8.24. The van der Waals surface area contributed by atoms with Crippen LogP contribution in [0.25, 0.3) is 5.69 Å². The van der Waals surface area contributed by atoms with Gasteiger partial charge in [-0.2, -0.15) is 0 Å². The number of aromatic nitrogens is 3. The third-order valence-electron chi connectivity index (χ3n) is 4.28. The Morgan fingerprint density at radius 1 is 1.09 bits per heavy atom. The van der Waals surface area contributed by atoms with Crippen molar-refractivity contribution in [2.24, 2.45) is 0 Å². The summed E-state index contributed by atoms with van der Waals surface area (Å²) in [5.41, 5.74) is 2.05. The smallest absolute Gasteiger partial charge is 0.360 e. The maximum atomic E-state index is 11.6. The molecule has 1 aliphatic rings. The van der Waals surface area contributed by atoms with Gasteiger partial charge in [-0.05, 0) is 37.0 Å². The molecule has 23 heavy (non-hydrogen) atoms. The van der Waals surface area contributed by atoms with Crippen LogP contribution in [0.5, 0.6) is 0 Å². The zero-order valence-corrected chi connectivity index (χ0v) is 13.4. The Bertz CT molecular complexity index is 670. The monoisotopic (exact) mass is 314 g/mol. The van der Waals surface area contributed by atoms with Gasteiger partial charge in [-0.25, -0.2) is 4.79 Å². The molecule has 122 valence electrons. The molecule has 6 nitrogen and oxygen atoms in total. The van der Waals surface area contributed by atoms with E-state index in [2.05, 4.69) is 22.0 Å². The number of carbonyl (C=O) groups is 1. The van der Waals surface area contributed by atoms with Crippen LogP contribution in [0.4, 0.5) is 5.82 Å². The second-order valence-electron chi connectivity index (χ2n) is 5.89. The van der Waals surface area contributed by atoms with Crippen LogP contribution in [-0.4, -0.2) is 39.2 Å². The van der Waals surface area contributed by atoms with Crippen molar-refractivity contribution in [3.63, 3.8) is 0 Å². The SMILES string of the molecule is CCc1ccc(-n2nc(C(=O)O)c(N3CCCCCC3)n2)cc1. The van der Waals surface area contributed by atoms with Crippen LogP contribution in [-0.2, 0) is 6.42 Å². The maximum Gasteiger partial charge on any atom is 0.360 e. The third-order valence-corrected chi connectivity index (χ3v) is 4.28. The van der Waals surface area contributed by atoms with Crippen LogP contribution in [0.2, 0.25) is 0 Å². The number of benzene rings is 1. The number of carboxylic acid groups (broad SMARTS) is 1. The Balaban J connectivity index is 1.95. The minimum atomic E-state index is -1.03. The summed E-state index contributed by atoms with van der Waals surface area (Å²) < 4.78 is 0. The molecule has 0 aliphatic carbocycles. The Morgan fingerprint density at radius 2 is 1.74 bits per heavy atom. The van der Waals surface area contributed by atoms with Crippen molar-refractivity contribution in [3.05, 3.63) is 35.5 Å². The lowest BCUT2D eigenvalue weighted by Gasteiger charge is -2.19. The average molecular weight is 314 g/mol. The second-order valence-corrected chi connectivity index (χ2v) is 5.89. The summed E-state index contributed by atoms with van der Waals surface area (Å²) in [6.07, 6.45) is 5.47. The molecule has 0 amide bonds. The van der Waals surface area contributed by atoms with Crippen molar-refractivity contribution in [2.45, 2.75) is 39.0 Å². The van der Waals surface area contributed by atoms with Crippen LogP contribution in [0, 0.1) is 0 Å². The van der Waals surface area contributed by atoms with Crippen molar-refractivity contribution >= 4 is 11.8 Å². The predicted molar refractivity (Wildman–Crippen MR) is 88.4 cm³/mol. The van der Waals surface area contributed by atoms with Gasteiger partial charge in [-0.15, -0.1) is 15.0 Å². The first-order valence-corrected chi connectivity index (χ1v) is 8.24. The summed E-state index contributed by atoms with van der Waals surface area (Å²) in [6, 6.07) is 7.89. The fourth-order valence-electron chi connectivity index (χ4n) is 2.91. The van der Waals surface area contributed by atoms with E-state index < -0.39 is 5.97 Å². The van der Waals surface area contributed by atoms with E-state index in [4.69, 9.17) is 0 Å². The highest BCUT2D eigenvalue weighted by atomic mass is 16.4. The summed E-state index contributed by atoms with van der Waals surface area (Å²) in [5, 5.41) is 18.1. The molecule has 1 saturated heterocycles. The van der Waals surface area contributed by atoms with Crippen LogP contribution >= 0.6 is 0 Å². The molecule has 1 aromatic heterocycles. The molecular weight excluding hydrogens is 292 g/mol. The van der Waals surface area contributed by atoms with Gasteiger partial charge in [0.1, 0.15) is 0 Å². The standard InChI is InChI=1S/C17H22N4O2/c1-2-13-7-9-14(10-8-13)21-18-15(17(22)23)16(19-21)20-11-5-3-4-6-12-20/h7-10H,2-6,11-12H2,1H3,(H,22,23). The molecule has 0 radical (unpaired) electrons. The van der Waals surface area contributed by atoms with E-state index in [-0.39, 0.29) is 5.69 Å². The molecule has 0 bridgehead atoms. The van der Waals surface area contributed by atoms with Crippen molar-refractivity contribution in [1.29, 1.82) is 0 Å². The molecule has 0 unspecified atom stereocenters. The van der Waals surface area contributed by atoms with E-state index in [0.717, 1.165) is 38.0 Å². The van der Waals surface area contributed by atoms with Gasteiger partial charge in [0.2, 0.25) is 5.69 Å². The summed E-state index contributed by atoms with van der Waals surface area (Å²) in [7, 11) is 0. The third kappa shape index (κ3) is 3.36. The molecule has 1 N–H and O–H groups in total. The second kappa shape index (κ2) is 6.81. The Labute approximate surface area is 135 Å². The number of aryl methyl sites for hydroxylation is 1. The lowest BCUT2D eigenvalue weighted by molar-refractivity contribution is 0.0690.